The number of aryl methyl sites for hydroxylation is 3. The molecule has 1 aromatic heterocycles. The molecular formula is C38H45N. The van der Waals surface area contributed by atoms with Crippen molar-refractivity contribution in [3.63, 3.8) is 0 Å². The molecule has 1 heteroatoms. The summed E-state index contributed by atoms with van der Waals surface area (Å²) in [5.41, 5.74) is 13.0. The lowest BCUT2D eigenvalue weighted by molar-refractivity contribution is 0.585. The van der Waals surface area contributed by atoms with E-state index >= 15 is 0 Å². The lowest BCUT2D eigenvalue weighted by Crippen LogP contribution is -2.22. The van der Waals surface area contributed by atoms with Gasteiger partial charge < -0.3 is 4.57 Å². The first-order valence-electron chi connectivity index (χ1n) is 14.9. The minimum atomic E-state index is 0.0323. The van der Waals surface area contributed by atoms with E-state index in [-0.39, 0.29) is 5.41 Å². The Morgan fingerprint density at radius 3 is 2.59 bits per heavy atom. The molecule has 2 aliphatic rings. The maximum atomic E-state index is 2.57. The largest absolute Gasteiger partial charge is 0.344 e. The maximum Gasteiger partial charge on any atom is 0.0485 e. The Bertz CT molecular complexity index is 1510. The smallest absolute Gasteiger partial charge is 0.0485 e. The monoisotopic (exact) mass is 515 g/mol. The van der Waals surface area contributed by atoms with Crippen molar-refractivity contribution in [3.05, 3.63) is 118 Å². The fourth-order valence-electron chi connectivity index (χ4n) is 6.95. The molecule has 0 fully saturated rings. The predicted molar refractivity (Wildman–Crippen MR) is 171 cm³/mol. The van der Waals surface area contributed by atoms with Gasteiger partial charge >= 0.3 is 0 Å². The number of fused-ring (bicyclic) bond motifs is 3. The minimum Gasteiger partial charge on any atom is -0.344 e. The molecule has 1 unspecified atom stereocenters. The van der Waals surface area contributed by atoms with Crippen LogP contribution in [-0.4, -0.2) is 4.57 Å². The molecule has 3 aromatic rings. The van der Waals surface area contributed by atoms with E-state index in [2.05, 4.69) is 131 Å². The number of rotatable bonds is 8. The van der Waals surface area contributed by atoms with Gasteiger partial charge in [0.2, 0.25) is 0 Å². The van der Waals surface area contributed by atoms with E-state index in [1.807, 2.05) is 0 Å². The summed E-state index contributed by atoms with van der Waals surface area (Å²) in [4.78, 5) is 0. The van der Waals surface area contributed by atoms with Crippen molar-refractivity contribution in [2.75, 3.05) is 0 Å². The molecule has 2 aliphatic carbocycles. The molecule has 0 saturated carbocycles. The van der Waals surface area contributed by atoms with E-state index in [1.54, 1.807) is 5.57 Å². The fraction of sp³-hybridized carbons (Fsp3) is 0.368. The van der Waals surface area contributed by atoms with Crippen LogP contribution >= 0.6 is 0 Å². The number of nitrogens with zero attached hydrogens (tertiary/aromatic N) is 1. The lowest BCUT2D eigenvalue weighted by Gasteiger charge is -2.32. The van der Waals surface area contributed by atoms with E-state index in [1.165, 1.54) is 50.0 Å². The van der Waals surface area contributed by atoms with Crippen LogP contribution in [0.1, 0.15) is 87.7 Å². The minimum absolute atomic E-state index is 0.0323. The van der Waals surface area contributed by atoms with Crippen molar-refractivity contribution in [1.82, 2.24) is 4.57 Å². The molecule has 0 saturated heterocycles. The van der Waals surface area contributed by atoms with Crippen molar-refractivity contribution in [1.29, 1.82) is 0 Å². The SMILES string of the molecule is CC/C(=C\C(C)C1=C(C/C=C/c2ccc3c(c2)c2c(n3C)C=CCC2)C=CCC1)C(C)(C)c1ccccc1C. The van der Waals surface area contributed by atoms with Crippen LogP contribution in [0.4, 0.5) is 0 Å². The van der Waals surface area contributed by atoms with Gasteiger partial charge in [-0.05, 0) is 97.4 Å². The van der Waals surface area contributed by atoms with Crippen molar-refractivity contribution < 1.29 is 0 Å². The maximum absolute atomic E-state index is 2.57. The van der Waals surface area contributed by atoms with Crippen molar-refractivity contribution in [2.45, 2.75) is 78.6 Å². The van der Waals surface area contributed by atoms with Crippen LogP contribution in [0.15, 0.2) is 89.6 Å². The van der Waals surface area contributed by atoms with Gasteiger partial charge in [-0.15, -0.1) is 0 Å². The van der Waals surface area contributed by atoms with Gasteiger partial charge in [-0.2, -0.15) is 0 Å². The highest BCUT2D eigenvalue weighted by Crippen LogP contribution is 2.38. The Morgan fingerprint density at radius 2 is 1.79 bits per heavy atom. The summed E-state index contributed by atoms with van der Waals surface area (Å²) >= 11 is 0. The second-order valence-electron chi connectivity index (χ2n) is 12.0. The zero-order chi connectivity index (χ0) is 27.6. The fourth-order valence-corrected chi connectivity index (χ4v) is 6.95. The normalized spacial score (nSPS) is 16.9. The van der Waals surface area contributed by atoms with Crippen molar-refractivity contribution in [2.24, 2.45) is 13.0 Å². The zero-order valence-electron chi connectivity index (χ0n) is 24.9. The summed E-state index contributed by atoms with van der Waals surface area (Å²) in [6, 6.07) is 15.8. The molecule has 1 heterocycles. The second kappa shape index (κ2) is 11.4. The molecule has 0 radical (unpaired) electrons. The molecule has 0 amide bonds. The molecule has 0 N–H and O–H groups in total. The molecular weight excluding hydrogens is 470 g/mol. The summed E-state index contributed by atoms with van der Waals surface area (Å²) in [6.07, 6.45) is 23.3. The van der Waals surface area contributed by atoms with Crippen LogP contribution in [0.2, 0.25) is 0 Å². The molecule has 0 aliphatic heterocycles. The Morgan fingerprint density at radius 1 is 1.03 bits per heavy atom. The first-order chi connectivity index (χ1) is 18.8. The van der Waals surface area contributed by atoms with E-state index in [9.17, 15) is 0 Å². The number of hydrogen-bond donors (Lipinski definition) is 0. The average molecular weight is 516 g/mol. The molecule has 0 bridgehead atoms. The standard InChI is InChI=1S/C38H45N/c1-7-31(38(4,5)35-21-12-8-15-27(35)2)25-28(3)32-19-10-9-17-30(32)18-14-16-29-23-24-37-34(26-29)33-20-11-13-22-36(33)39(37)6/h8-9,12-17,21-26,28H,7,10-11,18-20H2,1-6H3/b16-14+,31-25+. The van der Waals surface area contributed by atoms with Crippen LogP contribution in [0.5, 0.6) is 0 Å². The summed E-state index contributed by atoms with van der Waals surface area (Å²) < 4.78 is 2.34. The highest BCUT2D eigenvalue weighted by Gasteiger charge is 2.27. The molecule has 1 atom stereocenters. The summed E-state index contributed by atoms with van der Waals surface area (Å²) in [6.45, 7) is 11.8. The van der Waals surface area contributed by atoms with E-state index in [0.29, 0.717) is 5.92 Å². The Hall–Kier alpha value is -3.32. The van der Waals surface area contributed by atoms with E-state index in [0.717, 1.165) is 38.5 Å². The van der Waals surface area contributed by atoms with E-state index in [4.69, 9.17) is 0 Å². The molecule has 39 heavy (non-hydrogen) atoms. The quantitative estimate of drug-likeness (QED) is 0.263. The summed E-state index contributed by atoms with van der Waals surface area (Å²) in [7, 11) is 2.19. The Balaban J connectivity index is 1.39. The highest BCUT2D eigenvalue weighted by atomic mass is 14.9. The molecule has 2 aromatic carbocycles. The third-order valence-corrected chi connectivity index (χ3v) is 9.18. The van der Waals surface area contributed by atoms with Crippen LogP contribution < -0.4 is 0 Å². The lowest BCUT2D eigenvalue weighted by atomic mass is 9.73. The zero-order valence-corrected chi connectivity index (χ0v) is 24.9. The third-order valence-electron chi connectivity index (χ3n) is 9.18. The van der Waals surface area contributed by atoms with Crippen LogP contribution in [0.3, 0.4) is 0 Å². The topological polar surface area (TPSA) is 4.93 Å². The van der Waals surface area contributed by atoms with Gasteiger partial charge in [-0.1, -0.05) is 106 Å². The van der Waals surface area contributed by atoms with Crippen LogP contribution in [0.25, 0.3) is 23.1 Å². The molecule has 1 nitrogen and oxygen atoms in total. The number of hydrogen-bond acceptors (Lipinski definition) is 0. The Labute approximate surface area is 236 Å². The number of aromatic nitrogens is 1. The molecule has 202 valence electrons. The number of allylic oxidation sites excluding steroid dienone is 8. The van der Waals surface area contributed by atoms with E-state index < -0.39 is 0 Å². The van der Waals surface area contributed by atoms with Gasteiger partial charge in [0.05, 0.1) is 0 Å². The number of benzene rings is 2. The van der Waals surface area contributed by atoms with Gasteiger partial charge in [-0.25, -0.2) is 0 Å². The predicted octanol–water partition coefficient (Wildman–Crippen LogP) is 10.4. The van der Waals surface area contributed by atoms with Gasteiger partial charge in [0.25, 0.3) is 0 Å². The average Bonchev–Trinajstić information content (AvgIpc) is 3.23. The Kier molecular flexibility index (Phi) is 7.98. The summed E-state index contributed by atoms with van der Waals surface area (Å²) in [5.74, 6) is 0.442. The first kappa shape index (κ1) is 27.3. The van der Waals surface area contributed by atoms with Crippen LogP contribution in [-0.2, 0) is 18.9 Å². The molecule has 0 spiro atoms. The van der Waals surface area contributed by atoms with Gasteiger partial charge in [0.15, 0.2) is 0 Å². The van der Waals surface area contributed by atoms with Gasteiger partial charge in [-0.3, -0.25) is 0 Å². The third kappa shape index (κ3) is 5.42. The van der Waals surface area contributed by atoms with Crippen molar-refractivity contribution >= 4 is 23.1 Å². The highest BCUT2D eigenvalue weighted by molar-refractivity contribution is 5.90. The summed E-state index contributed by atoms with van der Waals surface area (Å²) in [5, 5.41) is 1.42. The molecule has 5 rings (SSSR count). The van der Waals surface area contributed by atoms with Crippen molar-refractivity contribution in [3.8, 4) is 0 Å². The van der Waals surface area contributed by atoms with Gasteiger partial charge in [0, 0.05) is 29.1 Å². The van der Waals surface area contributed by atoms with Gasteiger partial charge in [0.1, 0.15) is 0 Å². The first-order valence-corrected chi connectivity index (χ1v) is 14.9. The second-order valence-corrected chi connectivity index (χ2v) is 12.0. The van der Waals surface area contributed by atoms with Crippen LogP contribution in [0, 0.1) is 12.8 Å².